The number of fused-ring (bicyclic) bond motifs is 1. The summed E-state index contributed by atoms with van der Waals surface area (Å²) in [7, 11) is 0. The van der Waals surface area contributed by atoms with Crippen molar-refractivity contribution in [2.45, 2.75) is 32.2 Å². The Morgan fingerprint density at radius 3 is 2.61 bits per heavy atom. The van der Waals surface area contributed by atoms with Crippen LogP contribution in [-0.4, -0.2) is 9.55 Å². The lowest BCUT2D eigenvalue weighted by Gasteiger charge is -2.32. The Morgan fingerprint density at radius 1 is 1.33 bits per heavy atom. The van der Waals surface area contributed by atoms with Crippen LogP contribution in [0.25, 0.3) is 11.0 Å². The number of aromatic amines is 1. The lowest BCUT2D eigenvalue weighted by molar-refractivity contribution is 0.224. The number of aromatic nitrogens is 2. The molecule has 1 atom stereocenters. The lowest BCUT2D eigenvalue weighted by atomic mass is 9.80. The first-order valence-corrected chi connectivity index (χ1v) is 7.33. The molecule has 0 spiro atoms. The molecule has 0 radical (unpaired) electrons. The fourth-order valence-electron chi connectivity index (χ4n) is 2.66. The fourth-order valence-corrected chi connectivity index (χ4v) is 3.35. The van der Waals surface area contributed by atoms with Crippen LogP contribution in [-0.2, 0) is 0 Å². The quantitative estimate of drug-likeness (QED) is 0.740. The van der Waals surface area contributed by atoms with Gasteiger partial charge in [-0.15, -0.1) is 0 Å². The molecule has 0 saturated heterocycles. The van der Waals surface area contributed by atoms with Gasteiger partial charge in [0.05, 0.1) is 21.1 Å². The Labute approximate surface area is 121 Å². The van der Waals surface area contributed by atoms with Crippen LogP contribution in [0, 0.1) is 10.7 Å². The van der Waals surface area contributed by atoms with Gasteiger partial charge in [-0.2, -0.15) is 0 Å². The zero-order chi connectivity index (χ0) is 12.9. The Hall–Kier alpha value is -0.510. The molecule has 1 unspecified atom stereocenters. The molecule has 1 fully saturated rings. The van der Waals surface area contributed by atoms with Crippen LogP contribution in [0.5, 0.6) is 0 Å². The van der Waals surface area contributed by atoms with Crippen molar-refractivity contribution >= 4 is 46.5 Å². The van der Waals surface area contributed by atoms with Gasteiger partial charge in [0.1, 0.15) is 0 Å². The number of imidazole rings is 1. The van der Waals surface area contributed by atoms with Crippen LogP contribution >= 0.6 is 35.4 Å². The predicted octanol–water partition coefficient (Wildman–Crippen LogP) is 5.37. The van der Waals surface area contributed by atoms with E-state index in [0.717, 1.165) is 21.7 Å². The third kappa shape index (κ3) is 1.89. The van der Waals surface area contributed by atoms with Crippen LogP contribution in [0.3, 0.4) is 0 Å². The van der Waals surface area contributed by atoms with Gasteiger partial charge in [-0.05, 0) is 50.0 Å². The van der Waals surface area contributed by atoms with E-state index in [-0.39, 0.29) is 0 Å². The maximum Gasteiger partial charge on any atom is 0.178 e. The number of rotatable bonds is 2. The highest BCUT2D eigenvalue weighted by Gasteiger charge is 2.26. The Morgan fingerprint density at radius 2 is 2.00 bits per heavy atom. The molecule has 0 aliphatic heterocycles. The minimum absolute atomic E-state index is 0.414. The average Bonchev–Trinajstić information content (AvgIpc) is 2.52. The minimum atomic E-state index is 0.414. The maximum atomic E-state index is 6.11. The molecule has 5 heteroatoms. The van der Waals surface area contributed by atoms with E-state index in [2.05, 4.69) is 16.5 Å². The number of hydrogen-bond donors (Lipinski definition) is 1. The van der Waals surface area contributed by atoms with E-state index < -0.39 is 0 Å². The molecule has 2 aromatic rings. The van der Waals surface area contributed by atoms with Gasteiger partial charge in [0.15, 0.2) is 4.77 Å². The summed E-state index contributed by atoms with van der Waals surface area (Å²) in [6, 6.07) is 4.16. The number of H-pyrrole nitrogens is 1. The molecule has 18 heavy (non-hydrogen) atoms. The van der Waals surface area contributed by atoms with E-state index in [1.54, 1.807) is 0 Å². The summed E-state index contributed by atoms with van der Waals surface area (Å²) < 4.78 is 2.93. The SMILES string of the molecule is CC(C1CCC1)n1c(=S)[nH]c2cc(Cl)c(Cl)cc21. The summed E-state index contributed by atoms with van der Waals surface area (Å²) in [5.41, 5.74) is 2.01. The summed E-state index contributed by atoms with van der Waals surface area (Å²) in [6.45, 7) is 2.23. The van der Waals surface area contributed by atoms with E-state index in [1.165, 1.54) is 19.3 Å². The van der Waals surface area contributed by atoms with Crippen LogP contribution in [0.4, 0.5) is 0 Å². The van der Waals surface area contributed by atoms with Gasteiger partial charge in [0, 0.05) is 6.04 Å². The van der Waals surface area contributed by atoms with Gasteiger partial charge < -0.3 is 9.55 Å². The van der Waals surface area contributed by atoms with Crippen LogP contribution in [0.1, 0.15) is 32.2 Å². The smallest absolute Gasteiger partial charge is 0.178 e. The molecular weight excluding hydrogens is 287 g/mol. The van der Waals surface area contributed by atoms with Crippen molar-refractivity contribution in [2.24, 2.45) is 5.92 Å². The second kappa shape index (κ2) is 4.55. The molecule has 1 saturated carbocycles. The highest BCUT2D eigenvalue weighted by atomic mass is 35.5. The molecule has 1 aromatic carbocycles. The molecule has 96 valence electrons. The van der Waals surface area contributed by atoms with Gasteiger partial charge in [0.25, 0.3) is 0 Å². The van der Waals surface area contributed by atoms with Crippen molar-refractivity contribution in [2.75, 3.05) is 0 Å². The van der Waals surface area contributed by atoms with E-state index in [4.69, 9.17) is 35.4 Å². The highest BCUT2D eigenvalue weighted by molar-refractivity contribution is 7.71. The molecule has 3 rings (SSSR count). The Balaban J connectivity index is 2.18. The largest absolute Gasteiger partial charge is 0.331 e. The molecule has 1 aliphatic rings. The van der Waals surface area contributed by atoms with Gasteiger partial charge in [-0.1, -0.05) is 29.6 Å². The fraction of sp³-hybridized carbons (Fsp3) is 0.462. The van der Waals surface area contributed by atoms with Gasteiger partial charge >= 0.3 is 0 Å². The number of benzene rings is 1. The van der Waals surface area contributed by atoms with Crippen LogP contribution < -0.4 is 0 Å². The number of halogens is 2. The van der Waals surface area contributed by atoms with Gasteiger partial charge in [0.2, 0.25) is 0 Å². The Bertz CT molecular complexity index is 655. The molecule has 0 bridgehead atoms. The van der Waals surface area contributed by atoms with Crippen molar-refractivity contribution in [3.05, 3.63) is 26.9 Å². The lowest BCUT2D eigenvalue weighted by Crippen LogP contribution is -2.22. The molecule has 1 aromatic heterocycles. The van der Waals surface area contributed by atoms with Crippen molar-refractivity contribution in [1.29, 1.82) is 0 Å². The van der Waals surface area contributed by atoms with E-state index in [9.17, 15) is 0 Å². The summed E-state index contributed by atoms with van der Waals surface area (Å²) in [4.78, 5) is 3.21. The topological polar surface area (TPSA) is 20.7 Å². The standard InChI is InChI=1S/C13H14Cl2N2S/c1-7(8-3-2-4-8)17-12-6-10(15)9(14)5-11(12)16-13(17)18/h5-8H,2-4H2,1H3,(H,16,18). The van der Waals surface area contributed by atoms with Gasteiger partial charge in [-0.25, -0.2) is 0 Å². The number of nitrogens with one attached hydrogen (secondary N) is 1. The first-order valence-electron chi connectivity index (χ1n) is 6.17. The van der Waals surface area contributed by atoms with E-state index in [1.807, 2.05) is 12.1 Å². The zero-order valence-corrected chi connectivity index (χ0v) is 12.4. The molecule has 2 nitrogen and oxygen atoms in total. The minimum Gasteiger partial charge on any atom is -0.331 e. The number of hydrogen-bond acceptors (Lipinski definition) is 1. The highest BCUT2D eigenvalue weighted by Crippen LogP contribution is 2.38. The molecular formula is C13H14Cl2N2S. The van der Waals surface area contributed by atoms with Crippen LogP contribution in [0.15, 0.2) is 12.1 Å². The number of nitrogens with zero attached hydrogens (tertiary/aromatic N) is 1. The van der Waals surface area contributed by atoms with Crippen molar-refractivity contribution in [1.82, 2.24) is 9.55 Å². The van der Waals surface area contributed by atoms with E-state index in [0.29, 0.717) is 16.1 Å². The average molecular weight is 301 g/mol. The predicted molar refractivity (Wildman–Crippen MR) is 79.2 cm³/mol. The summed E-state index contributed by atoms with van der Waals surface area (Å²) in [6.07, 6.45) is 3.91. The molecule has 1 heterocycles. The van der Waals surface area contributed by atoms with Crippen molar-refractivity contribution in [3.63, 3.8) is 0 Å². The maximum absolute atomic E-state index is 6.11. The summed E-state index contributed by atoms with van der Waals surface area (Å²) in [5.74, 6) is 0.727. The summed E-state index contributed by atoms with van der Waals surface area (Å²) >= 11 is 17.6. The summed E-state index contributed by atoms with van der Waals surface area (Å²) in [5, 5.41) is 1.14. The second-order valence-corrected chi connectivity index (χ2v) is 6.22. The Kier molecular flexibility index (Phi) is 3.16. The van der Waals surface area contributed by atoms with Crippen molar-refractivity contribution in [3.8, 4) is 0 Å². The van der Waals surface area contributed by atoms with Gasteiger partial charge in [-0.3, -0.25) is 0 Å². The third-order valence-corrected chi connectivity index (χ3v) is 5.02. The first-order chi connectivity index (χ1) is 8.58. The molecule has 1 aliphatic carbocycles. The zero-order valence-electron chi connectivity index (χ0n) is 10.0. The monoisotopic (exact) mass is 300 g/mol. The van der Waals surface area contributed by atoms with Crippen molar-refractivity contribution < 1.29 is 0 Å². The third-order valence-electron chi connectivity index (χ3n) is 4.00. The molecule has 1 N–H and O–H groups in total. The molecule has 0 amide bonds. The van der Waals surface area contributed by atoms with E-state index >= 15 is 0 Å². The van der Waals surface area contributed by atoms with Crippen LogP contribution in [0.2, 0.25) is 10.0 Å². The normalized spacial score (nSPS) is 17.9. The second-order valence-electron chi connectivity index (χ2n) is 5.02. The first kappa shape index (κ1) is 12.5.